The first-order valence-corrected chi connectivity index (χ1v) is 11.2. The van der Waals surface area contributed by atoms with E-state index in [0.717, 1.165) is 55.2 Å². The van der Waals surface area contributed by atoms with E-state index in [1.54, 1.807) is 19.2 Å². The number of hydrogen-bond donors (Lipinski definition) is 1. The topological polar surface area (TPSA) is 45.2 Å². The number of nitrogens with one attached hydrogen (secondary N) is 1. The van der Waals surface area contributed by atoms with E-state index in [-0.39, 0.29) is 11.7 Å². The van der Waals surface area contributed by atoms with E-state index in [4.69, 9.17) is 0 Å². The van der Waals surface area contributed by atoms with Crippen molar-refractivity contribution >= 4 is 29.2 Å². The zero-order valence-electron chi connectivity index (χ0n) is 16.0. The van der Waals surface area contributed by atoms with Crippen molar-refractivity contribution in [1.29, 1.82) is 0 Å². The van der Waals surface area contributed by atoms with Gasteiger partial charge in [0.2, 0.25) is 0 Å². The monoisotopic (exact) mass is 397 g/mol. The Morgan fingerprint density at radius 2 is 1.96 bits per heavy atom. The zero-order valence-corrected chi connectivity index (χ0v) is 16.8. The zero-order chi connectivity index (χ0) is 19.3. The molecule has 1 saturated heterocycles. The molecular formula is C22H24FN3OS. The number of benzene rings is 1. The van der Waals surface area contributed by atoms with Crippen LogP contribution in [-0.4, -0.2) is 40.4 Å². The summed E-state index contributed by atoms with van der Waals surface area (Å²) in [6, 6.07) is 5.17. The van der Waals surface area contributed by atoms with Gasteiger partial charge in [0.15, 0.2) is 0 Å². The van der Waals surface area contributed by atoms with Crippen LogP contribution in [0.3, 0.4) is 0 Å². The molecule has 1 aromatic carbocycles. The van der Waals surface area contributed by atoms with E-state index in [9.17, 15) is 9.18 Å². The number of carbonyl (C=O) groups excluding carboxylic acids is 1. The summed E-state index contributed by atoms with van der Waals surface area (Å²) >= 11 is 1.90. The molecule has 2 aliphatic carbocycles. The van der Waals surface area contributed by atoms with Gasteiger partial charge in [0.25, 0.3) is 5.91 Å². The molecule has 6 heteroatoms. The second-order valence-electron chi connectivity index (χ2n) is 8.05. The fourth-order valence-electron chi connectivity index (χ4n) is 4.91. The predicted molar refractivity (Wildman–Crippen MR) is 111 cm³/mol. The molecule has 2 bridgehead atoms. The number of anilines is 2. The Kier molecular flexibility index (Phi) is 4.54. The molecule has 0 radical (unpaired) electrons. The average molecular weight is 398 g/mol. The van der Waals surface area contributed by atoms with Crippen LogP contribution in [-0.2, 0) is 0 Å². The van der Waals surface area contributed by atoms with Crippen molar-refractivity contribution in [3.05, 3.63) is 52.5 Å². The molecule has 1 N–H and O–H groups in total. The first-order chi connectivity index (χ1) is 13.6. The van der Waals surface area contributed by atoms with Crippen molar-refractivity contribution < 1.29 is 9.18 Å². The molecule has 2 heterocycles. The van der Waals surface area contributed by atoms with Crippen LogP contribution in [0.5, 0.6) is 0 Å². The number of aryl methyl sites for hydroxylation is 1. The van der Waals surface area contributed by atoms with Gasteiger partial charge in [-0.05, 0) is 61.3 Å². The van der Waals surface area contributed by atoms with Gasteiger partial charge in [0.1, 0.15) is 11.6 Å². The van der Waals surface area contributed by atoms with Gasteiger partial charge >= 0.3 is 0 Å². The normalized spacial score (nSPS) is 23.0. The summed E-state index contributed by atoms with van der Waals surface area (Å²) in [6.07, 6.45) is 5.15. The summed E-state index contributed by atoms with van der Waals surface area (Å²) in [4.78, 5) is 19.8. The Bertz CT molecular complexity index is 942. The molecular weight excluding hydrogens is 373 g/mol. The Hall–Kier alpha value is -2.08. The van der Waals surface area contributed by atoms with Gasteiger partial charge in [-0.2, -0.15) is 11.8 Å². The maximum absolute atomic E-state index is 14.0. The number of hydrogen-bond acceptors (Lipinski definition) is 4. The number of nitrogens with zero attached hydrogens (tertiary/aromatic N) is 2. The van der Waals surface area contributed by atoms with Crippen LogP contribution in [0, 0.1) is 12.7 Å². The van der Waals surface area contributed by atoms with Crippen LogP contribution >= 0.6 is 11.8 Å². The fraction of sp³-hybridized carbons (Fsp3) is 0.455. The number of amides is 1. The van der Waals surface area contributed by atoms with Crippen molar-refractivity contribution in [2.75, 3.05) is 29.9 Å². The molecule has 1 aromatic heterocycles. The highest BCUT2D eigenvalue weighted by Crippen LogP contribution is 2.56. The van der Waals surface area contributed by atoms with Crippen molar-refractivity contribution in [2.24, 2.45) is 0 Å². The highest BCUT2D eigenvalue weighted by molar-refractivity contribution is 7.99. The summed E-state index contributed by atoms with van der Waals surface area (Å²) in [5, 5.41) is 3.32. The predicted octanol–water partition coefficient (Wildman–Crippen LogP) is 4.83. The van der Waals surface area contributed by atoms with Gasteiger partial charge in [-0.25, -0.2) is 9.37 Å². The summed E-state index contributed by atoms with van der Waals surface area (Å²) < 4.78 is 14.0. The van der Waals surface area contributed by atoms with Crippen molar-refractivity contribution in [1.82, 2.24) is 9.88 Å². The maximum Gasteiger partial charge on any atom is 0.255 e. The maximum atomic E-state index is 14.0. The Labute approximate surface area is 168 Å². The smallest absolute Gasteiger partial charge is 0.255 e. The lowest BCUT2D eigenvalue weighted by Crippen LogP contribution is -2.38. The second-order valence-corrected chi connectivity index (χ2v) is 9.27. The number of thioether (sulfide) groups is 1. The first-order valence-electron chi connectivity index (χ1n) is 10.0. The molecule has 5 rings (SSSR count). The van der Waals surface area contributed by atoms with Crippen molar-refractivity contribution in [3.63, 3.8) is 0 Å². The number of fused-ring (bicyclic) bond motifs is 5. The Morgan fingerprint density at radius 3 is 2.71 bits per heavy atom. The molecule has 0 spiro atoms. The third-order valence-electron chi connectivity index (χ3n) is 6.37. The number of pyridine rings is 1. The minimum atomic E-state index is -0.224. The van der Waals surface area contributed by atoms with E-state index < -0.39 is 0 Å². The van der Waals surface area contributed by atoms with E-state index in [1.807, 2.05) is 22.7 Å². The van der Waals surface area contributed by atoms with Gasteiger partial charge < -0.3 is 10.2 Å². The molecule has 146 valence electrons. The van der Waals surface area contributed by atoms with Gasteiger partial charge in [0.05, 0.1) is 5.56 Å². The number of aromatic nitrogens is 1. The van der Waals surface area contributed by atoms with E-state index >= 15 is 0 Å². The highest BCUT2D eigenvalue weighted by Gasteiger charge is 2.42. The summed E-state index contributed by atoms with van der Waals surface area (Å²) in [6.45, 7) is 3.39. The van der Waals surface area contributed by atoms with Gasteiger partial charge in [-0.1, -0.05) is 6.07 Å². The van der Waals surface area contributed by atoms with Crippen LogP contribution in [0.25, 0.3) is 0 Å². The van der Waals surface area contributed by atoms with Crippen LogP contribution in [0.15, 0.2) is 24.4 Å². The van der Waals surface area contributed by atoms with Gasteiger partial charge in [-0.15, -0.1) is 0 Å². The van der Waals surface area contributed by atoms with Crippen LogP contribution < -0.4 is 5.32 Å². The molecule has 28 heavy (non-hydrogen) atoms. The third-order valence-corrected chi connectivity index (χ3v) is 7.31. The molecule has 1 amide bonds. The number of rotatable bonds is 3. The van der Waals surface area contributed by atoms with Crippen molar-refractivity contribution in [2.45, 2.75) is 38.0 Å². The third kappa shape index (κ3) is 2.98. The molecule has 2 fully saturated rings. The quantitative estimate of drug-likeness (QED) is 0.806. The molecule has 2 aromatic rings. The Morgan fingerprint density at radius 1 is 1.21 bits per heavy atom. The molecule has 1 saturated carbocycles. The first kappa shape index (κ1) is 18.0. The molecule has 2 unspecified atom stereocenters. The lowest BCUT2D eigenvalue weighted by Gasteiger charge is -2.29. The molecule has 1 aliphatic heterocycles. The van der Waals surface area contributed by atoms with Crippen LogP contribution in [0.2, 0.25) is 0 Å². The second kappa shape index (κ2) is 7.07. The number of halogens is 1. The number of carbonyl (C=O) groups is 1. The minimum Gasteiger partial charge on any atom is -0.340 e. The summed E-state index contributed by atoms with van der Waals surface area (Å²) in [5.74, 6) is 3.61. The molecule has 4 nitrogen and oxygen atoms in total. The van der Waals surface area contributed by atoms with E-state index in [1.165, 1.54) is 17.2 Å². The fourth-order valence-corrected chi connectivity index (χ4v) is 5.82. The minimum absolute atomic E-state index is 0.129. The molecule has 2 atom stereocenters. The lowest BCUT2D eigenvalue weighted by molar-refractivity contribution is 0.0770. The van der Waals surface area contributed by atoms with Crippen LogP contribution in [0.1, 0.15) is 58.1 Å². The van der Waals surface area contributed by atoms with E-state index in [0.29, 0.717) is 23.1 Å². The lowest BCUT2D eigenvalue weighted by atomic mass is 9.88. The molecule has 3 aliphatic rings. The Balaban J connectivity index is 1.52. The van der Waals surface area contributed by atoms with Crippen LogP contribution in [0.4, 0.5) is 15.9 Å². The van der Waals surface area contributed by atoms with Gasteiger partial charge in [-0.3, -0.25) is 4.79 Å². The standard InChI is InChI=1S/C22H24FN3OS/c1-13-2-5-16(11-18(13)23)25-21-20-15-4-3-14(10-15)19(20)17(12-24-21)22(27)26-6-8-28-9-7-26/h2,5,11-12,14-15H,3-4,6-10H2,1H3,(H,24,25). The van der Waals surface area contributed by atoms with E-state index in [2.05, 4.69) is 10.3 Å². The average Bonchev–Trinajstić information content (AvgIpc) is 3.34. The van der Waals surface area contributed by atoms with Gasteiger partial charge in [0, 0.05) is 42.0 Å². The summed E-state index contributed by atoms with van der Waals surface area (Å²) in [7, 11) is 0. The highest BCUT2D eigenvalue weighted by atomic mass is 32.2. The SMILES string of the molecule is Cc1ccc(Nc2ncc(C(=O)N3CCSCC3)c3c2C2CCC3C2)cc1F. The van der Waals surface area contributed by atoms with Crippen molar-refractivity contribution in [3.8, 4) is 0 Å². The largest absolute Gasteiger partial charge is 0.340 e. The summed E-state index contributed by atoms with van der Waals surface area (Å²) in [5.41, 5.74) is 4.50.